The van der Waals surface area contributed by atoms with E-state index in [1.807, 2.05) is 6.92 Å². The van der Waals surface area contributed by atoms with Gasteiger partial charge in [0, 0.05) is 12.2 Å². The van der Waals surface area contributed by atoms with Gasteiger partial charge in [0.1, 0.15) is 5.69 Å². The van der Waals surface area contributed by atoms with Gasteiger partial charge in [0.05, 0.1) is 11.4 Å². The molecule has 0 fully saturated rings. The van der Waals surface area contributed by atoms with Gasteiger partial charge >= 0.3 is 0 Å². The van der Waals surface area contributed by atoms with Crippen molar-refractivity contribution in [3.8, 4) is 0 Å². The van der Waals surface area contributed by atoms with Gasteiger partial charge in [0.25, 0.3) is 10.0 Å². The Bertz CT molecular complexity index is 1040. The van der Waals surface area contributed by atoms with Crippen LogP contribution in [0.15, 0.2) is 27.6 Å². The molecule has 0 unspecified atom stereocenters. The number of fused-ring (bicyclic) bond motifs is 1. The molecular formula is C17H23N3O5S2. The quantitative estimate of drug-likeness (QED) is 0.779. The summed E-state index contributed by atoms with van der Waals surface area (Å²) in [7, 11) is -7.21. The van der Waals surface area contributed by atoms with E-state index in [-0.39, 0.29) is 22.1 Å². The van der Waals surface area contributed by atoms with E-state index in [4.69, 9.17) is 4.52 Å². The minimum absolute atomic E-state index is 0.0207. The Morgan fingerprint density at radius 3 is 2.59 bits per heavy atom. The fourth-order valence-electron chi connectivity index (χ4n) is 3.35. The Kier molecular flexibility index (Phi) is 5.22. The summed E-state index contributed by atoms with van der Waals surface area (Å²) >= 11 is 0. The van der Waals surface area contributed by atoms with Gasteiger partial charge in [0.15, 0.2) is 10.7 Å². The minimum atomic E-state index is -3.85. The molecule has 8 nitrogen and oxygen atoms in total. The van der Waals surface area contributed by atoms with E-state index in [9.17, 15) is 16.8 Å². The van der Waals surface area contributed by atoms with Gasteiger partial charge in [0.2, 0.25) is 10.0 Å². The number of nitrogens with zero attached hydrogens (tertiary/aromatic N) is 2. The summed E-state index contributed by atoms with van der Waals surface area (Å²) in [6, 6.07) is 4.93. The first-order valence-electron chi connectivity index (χ1n) is 8.74. The highest BCUT2D eigenvalue weighted by atomic mass is 32.2. The molecular weight excluding hydrogens is 390 g/mol. The van der Waals surface area contributed by atoms with Crippen LogP contribution in [0.3, 0.4) is 0 Å². The van der Waals surface area contributed by atoms with Crippen LogP contribution in [0.5, 0.6) is 0 Å². The van der Waals surface area contributed by atoms with Crippen molar-refractivity contribution in [2.45, 2.75) is 44.9 Å². The van der Waals surface area contributed by atoms with Crippen molar-refractivity contribution in [1.29, 1.82) is 0 Å². The molecule has 0 radical (unpaired) electrons. The van der Waals surface area contributed by atoms with Crippen LogP contribution in [0.25, 0.3) is 0 Å². The SMILES string of the molecule is CCCS(=O)(=O)N1CCCc2cc(NS(=O)(=O)c3c(C)noc3C)ccc21. The van der Waals surface area contributed by atoms with Crippen LogP contribution in [-0.4, -0.2) is 34.3 Å². The van der Waals surface area contributed by atoms with Gasteiger partial charge < -0.3 is 4.52 Å². The molecule has 10 heteroatoms. The van der Waals surface area contributed by atoms with Crippen molar-refractivity contribution in [1.82, 2.24) is 5.16 Å². The molecule has 2 aromatic rings. The molecule has 1 N–H and O–H groups in total. The van der Waals surface area contributed by atoms with E-state index in [2.05, 4.69) is 9.88 Å². The van der Waals surface area contributed by atoms with Gasteiger partial charge in [-0.3, -0.25) is 9.03 Å². The lowest BCUT2D eigenvalue weighted by Gasteiger charge is -2.30. The average molecular weight is 414 g/mol. The fraction of sp³-hybridized carbons (Fsp3) is 0.471. The van der Waals surface area contributed by atoms with Gasteiger partial charge in [-0.1, -0.05) is 12.1 Å². The maximum absolute atomic E-state index is 12.7. The van der Waals surface area contributed by atoms with Gasteiger partial charge in [-0.2, -0.15) is 0 Å². The average Bonchev–Trinajstić information content (AvgIpc) is 2.93. The first-order chi connectivity index (χ1) is 12.7. The Hall–Kier alpha value is -2.07. The van der Waals surface area contributed by atoms with Crippen molar-refractivity contribution in [2.24, 2.45) is 0 Å². The number of nitrogens with one attached hydrogen (secondary N) is 1. The second-order valence-electron chi connectivity index (χ2n) is 6.59. The molecule has 0 saturated carbocycles. The monoisotopic (exact) mass is 413 g/mol. The first-order valence-corrected chi connectivity index (χ1v) is 11.8. The molecule has 148 valence electrons. The van der Waals surface area contributed by atoms with Crippen LogP contribution in [0.1, 0.15) is 36.8 Å². The molecule has 0 atom stereocenters. The van der Waals surface area contributed by atoms with E-state index >= 15 is 0 Å². The number of rotatable bonds is 6. The second-order valence-corrected chi connectivity index (χ2v) is 10.2. The Balaban J connectivity index is 1.93. The molecule has 1 aliphatic heterocycles. The molecule has 2 heterocycles. The molecule has 3 rings (SSSR count). The van der Waals surface area contributed by atoms with Gasteiger partial charge in [-0.05, 0) is 56.9 Å². The Labute approximate surface area is 159 Å². The summed E-state index contributed by atoms with van der Waals surface area (Å²) in [5.41, 5.74) is 2.09. The zero-order chi connectivity index (χ0) is 19.8. The number of aryl methyl sites for hydroxylation is 3. The van der Waals surface area contributed by atoms with Crippen LogP contribution >= 0.6 is 0 Å². The fourth-order valence-corrected chi connectivity index (χ4v) is 6.35. The lowest BCUT2D eigenvalue weighted by Crippen LogP contribution is -2.37. The molecule has 0 spiro atoms. The third-order valence-electron chi connectivity index (χ3n) is 4.44. The van der Waals surface area contributed by atoms with E-state index in [0.29, 0.717) is 37.2 Å². The van der Waals surface area contributed by atoms with Gasteiger partial charge in [-0.15, -0.1) is 0 Å². The summed E-state index contributed by atoms with van der Waals surface area (Å²) in [5.74, 6) is 0.308. The third kappa shape index (κ3) is 3.81. The van der Waals surface area contributed by atoms with Crippen LogP contribution in [0.4, 0.5) is 11.4 Å². The summed E-state index contributed by atoms with van der Waals surface area (Å²) < 4.78 is 59.2. The molecule has 27 heavy (non-hydrogen) atoms. The molecule has 1 aromatic carbocycles. The largest absolute Gasteiger partial charge is 0.360 e. The van der Waals surface area contributed by atoms with E-state index in [0.717, 1.165) is 5.56 Å². The van der Waals surface area contributed by atoms with Crippen molar-refractivity contribution in [3.63, 3.8) is 0 Å². The molecule has 0 saturated heterocycles. The van der Waals surface area contributed by atoms with E-state index in [1.54, 1.807) is 25.1 Å². The predicted octanol–water partition coefficient (Wildman–Crippen LogP) is 2.58. The molecule has 1 aromatic heterocycles. The number of hydrogen-bond donors (Lipinski definition) is 1. The maximum atomic E-state index is 12.7. The van der Waals surface area contributed by atoms with Crippen LogP contribution < -0.4 is 9.03 Å². The van der Waals surface area contributed by atoms with E-state index in [1.165, 1.54) is 11.2 Å². The van der Waals surface area contributed by atoms with Crippen molar-refractivity contribution < 1.29 is 21.4 Å². The third-order valence-corrected chi connectivity index (χ3v) is 8.04. The zero-order valence-corrected chi connectivity index (χ0v) is 17.2. The van der Waals surface area contributed by atoms with Gasteiger partial charge in [-0.25, -0.2) is 16.8 Å². The van der Waals surface area contributed by atoms with E-state index < -0.39 is 20.0 Å². The molecule has 1 aliphatic rings. The summed E-state index contributed by atoms with van der Waals surface area (Å²) in [6.07, 6.45) is 1.92. The first kappa shape index (κ1) is 19.7. The second kappa shape index (κ2) is 7.16. The van der Waals surface area contributed by atoms with Crippen LogP contribution in [0.2, 0.25) is 0 Å². The minimum Gasteiger partial charge on any atom is -0.360 e. The van der Waals surface area contributed by atoms with Crippen LogP contribution in [0, 0.1) is 13.8 Å². The number of hydrogen-bond acceptors (Lipinski definition) is 6. The maximum Gasteiger partial charge on any atom is 0.267 e. The topological polar surface area (TPSA) is 110 Å². The number of anilines is 2. The molecule has 0 aliphatic carbocycles. The lowest BCUT2D eigenvalue weighted by atomic mass is 10.0. The van der Waals surface area contributed by atoms with Crippen molar-refractivity contribution in [3.05, 3.63) is 35.2 Å². The van der Waals surface area contributed by atoms with Crippen LogP contribution in [-0.2, 0) is 26.5 Å². The smallest absolute Gasteiger partial charge is 0.267 e. The normalized spacial score (nSPS) is 14.9. The highest BCUT2D eigenvalue weighted by Gasteiger charge is 2.28. The Morgan fingerprint density at radius 2 is 1.96 bits per heavy atom. The summed E-state index contributed by atoms with van der Waals surface area (Å²) in [6.45, 7) is 5.38. The summed E-state index contributed by atoms with van der Waals surface area (Å²) in [4.78, 5) is 0.0207. The highest BCUT2D eigenvalue weighted by Crippen LogP contribution is 2.33. The number of aromatic nitrogens is 1. The molecule has 0 bridgehead atoms. The highest BCUT2D eigenvalue weighted by molar-refractivity contribution is 7.93. The number of benzene rings is 1. The summed E-state index contributed by atoms with van der Waals surface area (Å²) in [5, 5.41) is 3.68. The van der Waals surface area contributed by atoms with Crippen molar-refractivity contribution in [2.75, 3.05) is 21.3 Å². The van der Waals surface area contributed by atoms with Crippen molar-refractivity contribution >= 4 is 31.4 Å². The molecule has 0 amide bonds. The predicted molar refractivity (Wildman–Crippen MR) is 103 cm³/mol. The lowest BCUT2D eigenvalue weighted by molar-refractivity contribution is 0.390. The zero-order valence-electron chi connectivity index (χ0n) is 15.5. The number of sulfonamides is 2. The Morgan fingerprint density at radius 1 is 1.22 bits per heavy atom. The standard InChI is InChI=1S/C17H23N3O5S2/c1-4-10-26(21,22)20-9-5-6-14-11-15(7-8-16(14)20)19-27(23,24)17-12(2)18-25-13(17)3/h7-8,11,19H,4-6,9-10H2,1-3H3.